The van der Waals surface area contributed by atoms with Crippen LogP contribution in [0.1, 0.15) is 24.2 Å². The average molecular weight is 426 g/mol. The molecule has 0 aliphatic rings. The summed E-state index contributed by atoms with van der Waals surface area (Å²) < 4.78 is 23.7. The van der Waals surface area contributed by atoms with Crippen LogP contribution in [0.2, 0.25) is 0 Å². The number of nitrogens with zero attached hydrogens (tertiary/aromatic N) is 1. The van der Waals surface area contributed by atoms with Crippen molar-refractivity contribution < 1.29 is 23.9 Å². The molecule has 3 rings (SSSR count). The first-order chi connectivity index (χ1) is 14.9. The normalized spacial score (nSPS) is 12.8. The van der Waals surface area contributed by atoms with E-state index in [2.05, 4.69) is 5.32 Å². The Hall–Kier alpha value is -3.49. The van der Waals surface area contributed by atoms with Gasteiger partial charge in [-0.15, -0.1) is 0 Å². The summed E-state index contributed by atoms with van der Waals surface area (Å²) in [7, 11) is 1.57. The first-order valence-corrected chi connectivity index (χ1v) is 9.63. The molecule has 0 aliphatic heterocycles. The number of hydrogen-bond donors (Lipinski definition) is 2. The van der Waals surface area contributed by atoms with Crippen molar-refractivity contribution in [2.24, 2.45) is 0 Å². The van der Waals surface area contributed by atoms with Crippen LogP contribution in [0.15, 0.2) is 66.7 Å². The highest BCUT2D eigenvalue weighted by molar-refractivity contribution is 5.50. The Balaban J connectivity index is 1.67. The van der Waals surface area contributed by atoms with Crippen LogP contribution in [0.25, 0.3) is 0 Å². The van der Waals surface area contributed by atoms with Crippen molar-refractivity contribution in [1.29, 1.82) is 0 Å². The highest BCUT2D eigenvalue weighted by atomic mass is 19.1. The Kier molecular flexibility index (Phi) is 7.17. The third kappa shape index (κ3) is 5.78. The molecular weight excluding hydrogens is 403 g/mol. The quantitative estimate of drug-likeness (QED) is 0.379. The number of aliphatic hydroxyl groups is 1. The Morgan fingerprint density at radius 1 is 1.06 bits per heavy atom. The first kappa shape index (κ1) is 22.2. The molecule has 0 saturated carbocycles. The molecule has 3 aromatic rings. The second-order valence-electron chi connectivity index (χ2n) is 7.00. The molecule has 0 aromatic heterocycles. The molecule has 0 heterocycles. The van der Waals surface area contributed by atoms with Crippen LogP contribution in [0, 0.1) is 15.9 Å². The molecule has 2 atom stereocenters. The van der Waals surface area contributed by atoms with Gasteiger partial charge in [-0.25, -0.2) is 4.39 Å². The summed E-state index contributed by atoms with van der Waals surface area (Å²) in [5.41, 5.74) is 1.19. The van der Waals surface area contributed by atoms with Crippen LogP contribution in [-0.2, 0) is 6.54 Å². The second-order valence-corrected chi connectivity index (χ2v) is 7.00. The molecule has 0 spiro atoms. The van der Waals surface area contributed by atoms with Gasteiger partial charge in [0.05, 0.1) is 18.1 Å². The predicted molar refractivity (Wildman–Crippen MR) is 114 cm³/mol. The summed E-state index contributed by atoms with van der Waals surface area (Å²) in [5, 5.41) is 25.2. The number of ether oxygens (including phenoxy) is 2. The Morgan fingerprint density at radius 3 is 2.32 bits per heavy atom. The summed E-state index contributed by atoms with van der Waals surface area (Å²) in [6, 6.07) is 16.7. The first-order valence-electron chi connectivity index (χ1n) is 9.63. The molecule has 2 N–H and O–H groups in total. The number of benzene rings is 3. The molecular formula is C23H23FN2O5. The minimum absolute atomic E-state index is 0.0617. The summed E-state index contributed by atoms with van der Waals surface area (Å²) in [6.45, 7) is 2.14. The molecule has 0 fully saturated rings. The van der Waals surface area contributed by atoms with E-state index in [1.54, 1.807) is 37.4 Å². The van der Waals surface area contributed by atoms with Crippen molar-refractivity contribution >= 4 is 5.69 Å². The summed E-state index contributed by atoms with van der Waals surface area (Å²) in [4.78, 5) is 11.0. The topological polar surface area (TPSA) is 93.9 Å². The van der Waals surface area contributed by atoms with Crippen molar-refractivity contribution in [3.8, 4) is 17.2 Å². The number of nitro benzene ring substituents is 1. The van der Waals surface area contributed by atoms with Crippen molar-refractivity contribution in [3.63, 3.8) is 0 Å². The molecule has 162 valence electrons. The fourth-order valence-corrected chi connectivity index (χ4v) is 3.01. The Labute approximate surface area is 179 Å². The van der Waals surface area contributed by atoms with Crippen molar-refractivity contribution in [3.05, 3.63) is 93.8 Å². The van der Waals surface area contributed by atoms with Gasteiger partial charge in [0.1, 0.15) is 17.3 Å². The summed E-state index contributed by atoms with van der Waals surface area (Å²) in [6.07, 6.45) is -0.762. The SMILES string of the molecule is COc1ccc([C@H](O)[C@H](C)NCc2ccc(Oc3ccc(F)cc3)c([N+](=O)[O-])c2)cc1. The average Bonchev–Trinajstić information content (AvgIpc) is 2.79. The monoisotopic (exact) mass is 426 g/mol. The molecule has 3 aromatic carbocycles. The van der Waals surface area contributed by atoms with Crippen LogP contribution in [0.5, 0.6) is 17.2 Å². The molecule has 0 unspecified atom stereocenters. The van der Waals surface area contributed by atoms with Crippen molar-refractivity contribution in [1.82, 2.24) is 5.32 Å². The number of hydrogen-bond acceptors (Lipinski definition) is 6. The second kappa shape index (κ2) is 10.0. The van der Waals surface area contributed by atoms with Gasteiger partial charge in [-0.2, -0.15) is 0 Å². The van der Waals surface area contributed by atoms with E-state index in [4.69, 9.17) is 9.47 Å². The van der Waals surface area contributed by atoms with Gasteiger partial charge in [0.25, 0.3) is 0 Å². The van der Waals surface area contributed by atoms with Gasteiger partial charge in [0, 0.05) is 18.7 Å². The van der Waals surface area contributed by atoms with Gasteiger partial charge in [-0.05, 0) is 60.5 Å². The zero-order valence-electron chi connectivity index (χ0n) is 17.1. The maximum atomic E-state index is 13.0. The lowest BCUT2D eigenvalue weighted by atomic mass is 10.0. The lowest BCUT2D eigenvalue weighted by molar-refractivity contribution is -0.385. The van der Waals surface area contributed by atoms with Crippen LogP contribution < -0.4 is 14.8 Å². The Morgan fingerprint density at radius 2 is 1.71 bits per heavy atom. The fourth-order valence-electron chi connectivity index (χ4n) is 3.01. The van der Waals surface area contributed by atoms with Gasteiger partial charge in [0.2, 0.25) is 5.75 Å². The summed E-state index contributed by atoms with van der Waals surface area (Å²) >= 11 is 0. The molecule has 31 heavy (non-hydrogen) atoms. The number of rotatable bonds is 9. The highest BCUT2D eigenvalue weighted by Gasteiger charge is 2.19. The zero-order chi connectivity index (χ0) is 22.4. The van der Waals surface area contributed by atoms with Gasteiger partial charge in [0.15, 0.2) is 0 Å². The van der Waals surface area contributed by atoms with E-state index in [1.807, 2.05) is 6.92 Å². The molecule has 0 amide bonds. The van der Waals surface area contributed by atoms with E-state index in [0.717, 1.165) is 5.56 Å². The summed E-state index contributed by atoms with van der Waals surface area (Å²) in [5.74, 6) is 0.638. The maximum absolute atomic E-state index is 13.0. The van der Waals surface area contributed by atoms with Gasteiger partial charge in [-0.3, -0.25) is 10.1 Å². The largest absolute Gasteiger partial charge is 0.497 e. The number of nitro groups is 1. The van der Waals surface area contributed by atoms with Crippen LogP contribution in [-0.4, -0.2) is 23.2 Å². The minimum Gasteiger partial charge on any atom is -0.497 e. The zero-order valence-corrected chi connectivity index (χ0v) is 17.1. The standard InChI is InChI=1S/C23H23FN2O5/c1-15(23(27)17-4-8-19(30-2)9-5-17)25-14-16-3-12-22(21(13-16)26(28)29)31-20-10-6-18(24)7-11-20/h3-13,15,23,25,27H,14H2,1-2H3/t15-,23+/m0/s1. The van der Waals surface area contributed by atoms with Gasteiger partial charge < -0.3 is 19.9 Å². The van der Waals surface area contributed by atoms with E-state index in [0.29, 0.717) is 23.6 Å². The van der Waals surface area contributed by atoms with Crippen LogP contribution in [0.4, 0.5) is 10.1 Å². The molecule has 0 radical (unpaired) electrons. The number of methoxy groups -OCH3 is 1. The molecule has 7 nitrogen and oxygen atoms in total. The van der Waals surface area contributed by atoms with Crippen LogP contribution in [0.3, 0.4) is 0 Å². The van der Waals surface area contributed by atoms with E-state index < -0.39 is 16.8 Å². The molecule has 0 saturated heterocycles. The van der Waals surface area contributed by atoms with Crippen molar-refractivity contribution in [2.45, 2.75) is 25.6 Å². The van der Waals surface area contributed by atoms with Crippen molar-refractivity contribution in [2.75, 3.05) is 7.11 Å². The van der Waals surface area contributed by atoms with E-state index in [1.165, 1.54) is 36.4 Å². The molecule has 0 aliphatic carbocycles. The third-order valence-electron chi connectivity index (χ3n) is 4.82. The van der Waals surface area contributed by atoms with Gasteiger partial charge >= 0.3 is 5.69 Å². The smallest absolute Gasteiger partial charge is 0.311 e. The highest BCUT2D eigenvalue weighted by Crippen LogP contribution is 2.32. The lowest BCUT2D eigenvalue weighted by Gasteiger charge is -2.21. The molecule has 8 heteroatoms. The fraction of sp³-hybridized carbons (Fsp3) is 0.217. The maximum Gasteiger partial charge on any atom is 0.311 e. The van der Waals surface area contributed by atoms with Crippen LogP contribution >= 0.6 is 0 Å². The lowest BCUT2D eigenvalue weighted by Crippen LogP contribution is -2.31. The molecule has 0 bridgehead atoms. The van der Waals surface area contributed by atoms with E-state index >= 15 is 0 Å². The Bertz CT molecular complexity index is 1030. The minimum atomic E-state index is -0.762. The number of halogens is 1. The predicted octanol–water partition coefficient (Wildman–Crippen LogP) is 4.75. The van der Waals surface area contributed by atoms with Gasteiger partial charge in [-0.1, -0.05) is 18.2 Å². The third-order valence-corrected chi connectivity index (χ3v) is 4.82. The number of nitrogens with one attached hydrogen (secondary N) is 1. The number of aliphatic hydroxyl groups excluding tert-OH is 1. The van der Waals surface area contributed by atoms with E-state index in [9.17, 15) is 19.6 Å². The van der Waals surface area contributed by atoms with E-state index in [-0.39, 0.29) is 17.5 Å².